The first-order valence-electron chi connectivity index (χ1n) is 4.78. The van der Waals surface area contributed by atoms with Gasteiger partial charge in [0.05, 0.1) is 16.1 Å². The molecule has 0 rings (SSSR count). The molecule has 4 heteroatoms. The van der Waals surface area contributed by atoms with E-state index >= 15 is 0 Å². The summed E-state index contributed by atoms with van der Waals surface area (Å²) in [5, 5.41) is 0. The fraction of sp³-hybridized carbons (Fsp3) is 0.600. The average molecular weight is 356 g/mol. The Balaban J connectivity index is 4.81. The molecule has 0 amide bonds. The molecule has 0 aromatic rings. The van der Waals surface area contributed by atoms with Gasteiger partial charge in [-0.1, -0.05) is 82.5 Å². The molecule has 0 aliphatic rings. The van der Waals surface area contributed by atoms with Gasteiger partial charge in [0.1, 0.15) is 0 Å². The normalized spacial score (nSPS) is 16.0. The largest absolute Gasteiger partial charge is 0.0800 e. The molecule has 82 valence electrons. The maximum absolute atomic E-state index is 3.63. The van der Waals surface area contributed by atoms with E-state index in [1.807, 2.05) is 0 Å². The highest BCUT2D eigenvalue weighted by Gasteiger charge is 2.14. The van der Waals surface area contributed by atoms with Crippen molar-refractivity contribution in [1.82, 2.24) is 0 Å². The first kappa shape index (κ1) is 14.9. The van der Waals surface area contributed by atoms with Crippen LogP contribution >= 0.6 is 31.9 Å². The maximum Gasteiger partial charge on any atom is 0.0702 e. The Kier molecular flexibility index (Phi) is 5.61. The van der Waals surface area contributed by atoms with Gasteiger partial charge in [-0.25, -0.2) is 0 Å². The van der Waals surface area contributed by atoms with Crippen molar-refractivity contribution in [2.45, 2.75) is 39.3 Å². The van der Waals surface area contributed by atoms with E-state index in [9.17, 15) is 0 Å². The van der Waals surface area contributed by atoms with Crippen molar-refractivity contribution in [3.8, 4) is 0 Å². The van der Waals surface area contributed by atoms with Gasteiger partial charge in [-0.15, -0.1) is 0 Å². The smallest absolute Gasteiger partial charge is 0.0702 e. The lowest BCUT2D eigenvalue weighted by Gasteiger charge is -2.13. The summed E-state index contributed by atoms with van der Waals surface area (Å²) in [6, 6.07) is 0. The highest BCUT2D eigenvalue weighted by Crippen LogP contribution is 2.27. The Morgan fingerprint density at radius 3 is 1.07 bits per heavy atom. The average Bonchev–Trinajstić information content (AvgIpc) is 1.78. The first-order valence-corrected chi connectivity index (χ1v) is 13.5. The van der Waals surface area contributed by atoms with Gasteiger partial charge in [0, 0.05) is 8.96 Å². The fourth-order valence-electron chi connectivity index (χ4n) is 0.898. The summed E-state index contributed by atoms with van der Waals surface area (Å²) in [7, 11) is -2.25. The van der Waals surface area contributed by atoms with Crippen molar-refractivity contribution in [2.24, 2.45) is 0 Å². The zero-order valence-corrected chi connectivity index (χ0v) is 15.1. The molecule has 0 aromatic heterocycles. The second-order valence-corrected chi connectivity index (χ2v) is 17.5. The summed E-state index contributed by atoms with van der Waals surface area (Å²) in [5.74, 6) is 0. The summed E-state index contributed by atoms with van der Waals surface area (Å²) < 4.78 is 2.44. The molecule has 0 bridgehead atoms. The van der Waals surface area contributed by atoms with Gasteiger partial charge in [-0.2, -0.15) is 0 Å². The second-order valence-electron chi connectivity index (χ2n) is 5.72. The molecule has 0 saturated carbocycles. The minimum absolute atomic E-state index is 1.12. The van der Waals surface area contributed by atoms with Gasteiger partial charge >= 0.3 is 0 Å². The molecule has 0 saturated heterocycles. The molecule has 14 heavy (non-hydrogen) atoms. The van der Waals surface area contributed by atoms with Gasteiger partial charge in [0.25, 0.3) is 0 Å². The third-order valence-corrected chi connectivity index (χ3v) is 6.35. The molecular weight excluding hydrogens is 336 g/mol. The third kappa shape index (κ3) is 8.20. The minimum Gasteiger partial charge on any atom is -0.0800 e. The predicted octanol–water partition coefficient (Wildman–Crippen LogP) is 5.30. The van der Waals surface area contributed by atoms with Crippen LogP contribution in [-0.2, 0) is 0 Å². The van der Waals surface area contributed by atoms with Crippen LogP contribution in [0, 0.1) is 0 Å². The van der Waals surface area contributed by atoms with Gasteiger partial charge in [-0.3, -0.25) is 0 Å². The Bertz CT molecular complexity index is 226. The second kappa shape index (κ2) is 5.28. The lowest BCUT2D eigenvalue weighted by molar-refractivity contribution is 1.72. The quantitative estimate of drug-likeness (QED) is 0.476. The van der Waals surface area contributed by atoms with Gasteiger partial charge < -0.3 is 0 Å². The van der Waals surface area contributed by atoms with E-state index < -0.39 is 16.1 Å². The molecule has 0 N–H and O–H groups in total. The summed E-state index contributed by atoms with van der Waals surface area (Å²) in [6.45, 7) is 14.0. The third-order valence-electron chi connectivity index (χ3n) is 1.35. The molecule has 0 fully saturated rings. The van der Waals surface area contributed by atoms with Crippen molar-refractivity contribution in [1.29, 1.82) is 0 Å². The predicted molar refractivity (Wildman–Crippen MR) is 80.7 cm³/mol. The minimum atomic E-state index is -1.12. The van der Waals surface area contributed by atoms with Crippen molar-refractivity contribution in [2.75, 3.05) is 0 Å². The number of hydrogen-bond donors (Lipinski definition) is 0. The van der Waals surface area contributed by atoms with Crippen molar-refractivity contribution >= 4 is 48.0 Å². The van der Waals surface area contributed by atoms with Crippen molar-refractivity contribution < 1.29 is 0 Å². The Hall–Kier alpha value is 0.874. The van der Waals surface area contributed by atoms with Crippen LogP contribution in [0.5, 0.6) is 0 Å². The van der Waals surface area contributed by atoms with Gasteiger partial charge in [-0.05, 0) is 0 Å². The van der Waals surface area contributed by atoms with E-state index in [-0.39, 0.29) is 0 Å². The van der Waals surface area contributed by atoms with Gasteiger partial charge in [0.15, 0.2) is 0 Å². The SMILES string of the molecule is C[Si](C)(C)C=C(Br)C(Br)=C[Si](C)(C)C. The molecule has 0 unspecified atom stereocenters. The molecule has 0 atom stereocenters. The van der Waals surface area contributed by atoms with Crippen LogP contribution in [0.25, 0.3) is 0 Å². The number of allylic oxidation sites excluding steroid dienone is 2. The summed E-state index contributed by atoms with van der Waals surface area (Å²) >= 11 is 7.27. The maximum atomic E-state index is 3.63. The van der Waals surface area contributed by atoms with Crippen LogP contribution in [0.2, 0.25) is 39.3 Å². The fourth-order valence-corrected chi connectivity index (χ4v) is 7.50. The van der Waals surface area contributed by atoms with Crippen LogP contribution in [0.3, 0.4) is 0 Å². The van der Waals surface area contributed by atoms with Gasteiger partial charge in [0.2, 0.25) is 0 Å². The Morgan fingerprint density at radius 1 is 0.714 bits per heavy atom. The number of rotatable bonds is 3. The van der Waals surface area contributed by atoms with Crippen molar-refractivity contribution in [3.05, 3.63) is 20.4 Å². The molecule has 0 heterocycles. The van der Waals surface area contributed by atoms with E-state index in [2.05, 4.69) is 82.5 Å². The standard InChI is InChI=1S/C10H20Br2Si2/c1-13(2,3)7-9(11)10(12)8-14(4,5)6/h7-8H,1-6H3. The van der Waals surface area contributed by atoms with Crippen LogP contribution in [0.1, 0.15) is 0 Å². The highest BCUT2D eigenvalue weighted by molar-refractivity contribution is 9.15. The van der Waals surface area contributed by atoms with Crippen molar-refractivity contribution in [3.63, 3.8) is 0 Å². The monoisotopic (exact) mass is 354 g/mol. The molecule has 0 nitrogen and oxygen atoms in total. The number of halogens is 2. The number of hydrogen-bond acceptors (Lipinski definition) is 0. The van der Waals surface area contributed by atoms with Crippen LogP contribution in [0.15, 0.2) is 20.4 Å². The van der Waals surface area contributed by atoms with Crippen LogP contribution in [0.4, 0.5) is 0 Å². The Morgan fingerprint density at radius 2 is 0.929 bits per heavy atom. The highest BCUT2D eigenvalue weighted by atomic mass is 79.9. The zero-order valence-electron chi connectivity index (χ0n) is 9.91. The molecule has 0 spiro atoms. The lowest BCUT2D eigenvalue weighted by Crippen LogP contribution is -2.18. The summed E-state index contributed by atoms with van der Waals surface area (Å²) in [5.41, 5.74) is 4.74. The zero-order chi connectivity index (χ0) is 11.6. The van der Waals surface area contributed by atoms with E-state index in [1.165, 1.54) is 8.96 Å². The van der Waals surface area contributed by atoms with E-state index in [0.717, 1.165) is 0 Å². The van der Waals surface area contributed by atoms with E-state index in [4.69, 9.17) is 0 Å². The topological polar surface area (TPSA) is 0 Å². The molecule has 0 aliphatic carbocycles. The molecular formula is C10H20Br2Si2. The molecule has 0 aromatic carbocycles. The Labute approximate surface area is 107 Å². The lowest BCUT2D eigenvalue weighted by atomic mass is 10.6. The molecule has 0 radical (unpaired) electrons. The van der Waals surface area contributed by atoms with E-state index in [1.54, 1.807) is 0 Å². The summed E-state index contributed by atoms with van der Waals surface area (Å²) in [6.07, 6.45) is 0. The molecule has 0 aliphatic heterocycles. The summed E-state index contributed by atoms with van der Waals surface area (Å²) in [4.78, 5) is 0. The van der Waals surface area contributed by atoms with Crippen LogP contribution < -0.4 is 0 Å². The van der Waals surface area contributed by atoms with E-state index in [0.29, 0.717) is 0 Å². The van der Waals surface area contributed by atoms with Crippen LogP contribution in [-0.4, -0.2) is 16.1 Å². The first-order chi connectivity index (χ1) is 6.01.